The van der Waals surface area contributed by atoms with Crippen molar-refractivity contribution in [3.05, 3.63) is 70.3 Å². The number of carbonyl (C=O) groups is 1. The first-order valence-corrected chi connectivity index (χ1v) is 11.6. The minimum Gasteiger partial charge on any atom is -0.490 e. The van der Waals surface area contributed by atoms with Crippen molar-refractivity contribution in [3.63, 3.8) is 0 Å². The third kappa shape index (κ3) is 4.11. The normalized spacial score (nSPS) is 23.4. The summed E-state index contributed by atoms with van der Waals surface area (Å²) in [4.78, 5) is 17.0. The molecule has 2 saturated carbocycles. The lowest BCUT2D eigenvalue weighted by Crippen LogP contribution is -2.37. The summed E-state index contributed by atoms with van der Waals surface area (Å²) in [6.07, 6.45) is 4.92. The van der Waals surface area contributed by atoms with Crippen LogP contribution in [0.15, 0.2) is 54.7 Å². The monoisotopic (exact) mass is 454 g/mol. The van der Waals surface area contributed by atoms with Crippen molar-refractivity contribution in [2.24, 2.45) is 17.8 Å². The number of pyridine rings is 1. The average Bonchev–Trinajstić information content (AvgIpc) is 3.26. The van der Waals surface area contributed by atoms with Gasteiger partial charge in [-0.25, -0.2) is 0 Å². The van der Waals surface area contributed by atoms with Gasteiger partial charge in [0.25, 0.3) is 5.91 Å². The SMILES string of the molecule is CC[C@H](NC(=O)c1ccc(Cl)cc1)C1[C@H]2CC(Oc3ccc4c(Cl)ccnc4c3)C[C@H]12. The standard InChI is InChI=1S/C25H24Cl2N2O2/c1-2-22(29-25(30)14-3-5-15(26)6-4-14)24-19-11-17(12-20(19)24)31-16-7-8-18-21(27)9-10-28-23(18)13-16/h3-10,13,17,19-20,22,24H,2,11-12H2,1H3,(H,29,30)/t17?,19-,20-,22-,24?/m0/s1. The molecule has 0 aliphatic heterocycles. The van der Waals surface area contributed by atoms with E-state index in [-0.39, 0.29) is 18.1 Å². The maximum Gasteiger partial charge on any atom is 0.251 e. The van der Waals surface area contributed by atoms with E-state index in [4.69, 9.17) is 27.9 Å². The van der Waals surface area contributed by atoms with Gasteiger partial charge in [0, 0.05) is 34.3 Å². The van der Waals surface area contributed by atoms with Crippen LogP contribution in [0.2, 0.25) is 10.0 Å². The van der Waals surface area contributed by atoms with E-state index < -0.39 is 0 Å². The topological polar surface area (TPSA) is 51.2 Å². The van der Waals surface area contributed by atoms with E-state index in [0.29, 0.717) is 33.4 Å². The molecule has 2 aliphatic carbocycles. The van der Waals surface area contributed by atoms with Gasteiger partial charge < -0.3 is 10.1 Å². The summed E-state index contributed by atoms with van der Waals surface area (Å²) in [5.74, 6) is 2.59. The second-order valence-corrected chi connectivity index (χ2v) is 9.43. The zero-order valence-electron chi connectivity index (χ0n) is 17.2. The fourth-order valence-electron chi connectivity index (χ4n) is 5.22. The van der Waals surface area contributed by atoms with E-state index in [2.05, 4.69) is 17.2 Å². The van der Waals surface area contributed by atoms with Crippen LogP contribution in [0.4, 0.5) is 0 Å². The van der Waals surface area contributed by atoms with Crippen molar-refractivity contribution in [1.29, 1.82) is 0 Å². The lowest BCUT2D eigenvalue weighted by atomic mass is 10.00. The Bertz CT molecular complexity index is 1110. The fraction of sp³-hybridized carbons (Fsp3) is 0.360. The highest BCUT2D eigenvalue weighted by Gasteiger charge is 2.59. The van der Waals surface area contributed by atoms with E-state index in [1.807, 2.05) is 18.2 Å². The van der Waals surface area contributed by atoms with Crippen LogP contribution in [-0.4, -0.2) is 23.0 Å². The molecule has 3 atom stereocenters. The summed E-state index contributed by atoms with van der Waals surface area (Å²) in [7, 11) is 0. The Hall–Kier alpha value is -2.30. The molecule has 6 heteroatoms. The summed E-state index contributed by atoms with van der Waals surface area (Å²) >= 11 is 12.2. The first-order chi connectivity index (χ1) is 15.0. The molecule has 2 aliphatic rings. The molecule has 1 aromatic heterocycles. The maximum absolute atomic E-state index is 12.6. The largest absolute Gasteiger partial charge is 0.490 e. The highest BCUT2D eigenvalue weighted by molar-refractivity contribution is 6.35. The Kier molecular flexibility index (Phi) is 5.53. The fourth-order valence-corrected chi connectivity index (χ4v) is 5.56. The number of aromatic nitrogens is 1. The number of nitrogens with zero attached hydrogens (tertiary/aromatic N) is 1. The van der Waals surface area contributed by atoms with Crippen molar-refractivity contribution in [3.8, 4) is 5.75 Å². The molecule has 0 bridgehead atoms. The predicted molar refractivity (Wildman–Crippen MR) is 124 cm³/mol. The molecule has 5 rings (SSSR count). The molecule has 1 amide bonds. The second kappa shape index (κ2) is 8.33. The second-order valence-electron chi connectivity index (χ2n) is 8.58. The van der Waals surface area contributed by atoms with Gasteiger partial charge in [-0.2, -0.15) is 0 Å². The average molecular weight is 455 g/mol. The molecular formula is C25H24Cl2N2O2. The van der Waals surface area contributed by atoms with Crippen molar-refractivity contribution >= 4 is 40.0 Å². The van der Waals surface area contributed by atoms with Crippen LogP contribution in [0.25, 0.3) is 10.9 Å². The molecule has 1 N–H and O–H groups in total. The molecular weight excluding hydrogens is 431 g/mol. The summed E-state index contributed by atoms with van der Waals surface area (Å²) < 4.78 is 6.26. The van der Waals surface area contributed by atoms with Crippen molar-refractivity contribution in [2.75, 3.05) is 0 Å². The summed E-state index contributed by atoms with van der Waals surface area (Å²) in [6.45, 7) is 2.14. The van der Waals surface area contributed by atoms with Crippen LogP contribution < -0.4 is 10.1 Å². The zero-order valence-corrected chi connectivity index (χ0v) is 18.7. The lowest BCUT2D eigenvalue weighted by molar-refractivity contribution is 0.0924. The maximum atomic E-state index is 12.6. The van der Waals surface area contributed by atoms with Crippen molar-refractivity contribution in [1.82, 2.24) is 10.3 Å². The number of ether oxygens (including phenoxy) is 1. The molecule has 0 saturated heterocycles. The van der Waals surface area contributed by atoms with E-state index in [1.165, 1.54) is 0 Å². The Balaban J connectivity index is 1.18. The third-order valence-corrected chi connectivity index (χ3v) is 7.34. The number of hydrogen-bond donors (Lipinski definition) is 1. The molecule has 0 spiro atoms. The molecule has 31 heavy (non-hydrogen) atoms. The van der Waals surface area contributed by atoms with Gasteiger partial charge in [-0.15, -0.1) is 0 Å². The van der Waals surface area contributed by atoms with E-state index in [9.17, 15) is 4.79 Å². The van der Waals surface area contributed by atoms with Crippen LogP contribution >= 0.6 is 23.2 Å². The summed E-state index contributed by atoms with van der Waals surface area (Å²) in [5, 5.41) is 5.51. The number of fused-ring (bicyclic) bond motifs is 2. The molecule has 3 aromatic rings. The Morgan fingerprint density at radius 1 is 1.13 bits per heavy atom. The zero-order chi connectivity index (χ0) is 21.5. The van der Waals surface area contributed by atoms with Crippen molar-refractivity contribution < 1.29 is 9.53 Å². The van der Waals surface area contributed by atoms with Crippen LogP contribution in [0.5, 0.6) is 5.75 Å². The summed E-state index contributed by atoms with van der Waals surface area (Å²) in [6, 6.07) is 14.9. The number of amides is 1. The van der Waals surface area contributed by atoms with Gasteiger partial charge in [0.1, 0.15) is 5.75 Å². The smallest absolute Gasteiger partial charge is 0.251 e. The van der Waals surface area contributed by atoms with Crippen molar-refractivity contribution in [2.45, 2.75) is 38.3 Å². The Morgan fingerprint density at radius 2 is 1.87 bits per heavy atom. The summed E-state index contributed by atoms with van der Waals surface area (Å²) in [5.41, 5.74) is 1.50. The van der Waals surface area contributed by atoms with Crippen LogP contribution in [0.1, 0.15) is 36.5 Å². The number of nitrogens with one attached hydrogen (secondary N) is 1. The first kappa shape index (κ1) is 20.6. The van der Waals surface area contributed by atoms with Gasteiger partial charge in [0.15, 0.2) is 0 Å². The van der Waals surface area contributed by atoms with E-state index in [1.54, 1.807) is 36.5 Å². The predicted octanol–water partition coefficient (Wildman–Crippen LogP) is 6.15. The van der Waals surface area contributed by atoms with E-state index >= 15 is 0 Å². The minimum atomic E-state index is -0.0244. The number of hydrogen-bond acceptors (Lipinski definition) is 3. The van der Waals surface area contributed by atoms with Gasteiger partial charge in [-0.3, -0.25) is 9.78 Å². The van der Waals surface area contributed by atoms with E-state index in [0.717, 1.165) is 35.9 Å². The number of benzene rings is 2. The minimum absolute atomic E-state index is 0.0244. The molecule has 4 nitrogen and oxygen atoms in total. The lowest BCUT2D eigenvalue weighted by Gasteiger charge is -2.22. The number of carbonyl (C=O) groups excluding carboxylic acids is 1. The van der Waals surface area contributed by atoms with Crippen LogP contribution in [0, 0.1) is 17.8 Å². The third-order valence-electron chi connectivity index (χ3n) is 6.76. The first-order valence-electron chi connectivity index (χ1n) is 10.8. The number of rotatable bonds is 6. The van der Waals surface area contributed by atoms with Crippen LogP contribution in [-0.2, 0) is 0 Å². The van der Waals surface area contributed by atoms with Gasteiger partial charge >= 0.3 is 0 Å². The molecule has 1 heterocycles. The molecule has 2 aromatic carbocycles. The quantitative estimate of drug-likeness (QED) is 0.485. The Labute approximate surface area is 191 Å². The van der Waals surface area contributed by atoms with Crippen LogP contribution in [0.3, 0.4) is 0 Å². The van der Waals surface area contributed by atoms with Gasteiger partial charge in [-0.1, -0.05) is 30.1 Å². The van der Waals surface area contributed by atoms with Gasteiger partial charge in [-0.05, 0) is 79.5 Å². The van der Waals surface area contributed by atoms with Gasteiger partial charge in [0.05, 0.1) is 16.6 Å². The highest BCUT2D eigenvalue weighted by atomic mass is 35.5. The molecule has 0 unspecified atom stereocenters. The number of halogens is 2. The Morgan fingerprint density at radius 3 is 2.58 bits per heavy atom. The molecule has 160 valence electrons. The molecule has 2 fully saturated rings. The highest BCUT2D eigenvalue weighted by Crippen LogP contribution is 2.60. The molecule has 0 radical (unpaired) electrons. The van der Waals surface area contributed by atoms with Gasteiger partial charge in [0.2, 0.25) is 0 Å².